The van der Waals surface area contributed by atoms with Gasteiger partial charge in [-0.3, -0.25) is 14.5 Å². The number of aliphatic hydroxyl groups is 1. The molecule has 2 fully saturated rings. The van der Waals surface area contributed by atoms with Gasteiger partial charge in [-0.1, -0.05) is 24.3 Å². The van der Waals surface area contributed by atoms with Crippen LogP contribution in [0.5, 0.6) is 11.5 Å². The lowest BCUT2D eigenvalue weighted by Gasteiger charge is -2.29. The largest absolute Gasteiger partial charge is 0.507 e. The standard InChI is InChI=1S/C28H34N2O6/c1-3-35-22-11-9-20(10-12-22)25-24(26(31)21-7-5-8-23(19-21)36-4-2)27(32)28(33)30(25)14-6-13-29-15-17-34-18-16-29/h5,7-12,19,25,31H,3-4,6,13-18H2,1-2H3/b26-24+. The molecule has 0 radical (unpaired) electrons. The Hall–Kier alpha value is -3.36. The van der Waals surface area contributed by atoms with Crippen LogP contribution in [0.25, 0.3) is 5.76 Å². The van der Waals surface area contributed by atoms with Crippen LogP contribution in [0.4, 0.5) is 0 Å². The van der Waals surface area contributed by atoms with E-state index in [1.807, 2.05) is 38.1 Å². The number of morpholine rings is 1. The van der Waals surface area contributed by atoms with Crippen LogP contribution in [-0.4, -0.2) is 79.2 Å². The van der Waals surface area contributed by atoms with Gasteiger partial charge in [-0.05, 0) is 50.1 Å². The summed E-state index contributed by atoms with van der Waals surface area (Å²) in [5, 5.41) is 11.3. The molecule has 0 aromatic heterocycles. The average molecular weight is 495 g/mol. The first-order valence-electron chi connectivity index (χ1n) is 12.6. The molecule has 1 unspecified atom stereocenters. The second-order valence-corrected chi connectivity index (χ2v) is 8.76. The van der Waals surface area contributed by atoms with E-state index in [1.54, 1.807) is 29.2 Å². The number of hydrogen-bond acceptors (Lipinski definition) is 7. The molecule has 192 valence electrons. The zero-order chi connectivity index (χ0) is 25.5. The fourth-order valence-corrected chi connectivity index (χ4v) is 4.71. The molecule has 1 atom stereocenters. The quantitative estimate of drug-likeness (QED) is 0.307. The molecule has 0 bridgehead atoms. The third kappa shape index (κ3) is 5.71. The molecule has 8 heteroatoms. The fourth-order valence-electron chi connectivity index (χ4n) is 4.71. The van der Waals surface area contributed by atoms with Crippen LogP contribution in [0.2, 0.25) is 0 Å². The van der Waals surface area contributed by atoms with Gasteiger partial charge in [-0.25, -0.2) is 0 Å². The predicted octanol–water partition coefficient (Wildman–Crippen LogP) is 3.63. The number of amides is 1. The molecule has 2 aliphatic heterocycles. The van der Waals surface area contributed by atoms with Gasteiger partial charge in [-0.2, -0.15) is 0 Å². The van der Waals surface area contributed by atoms with E-state index in [2.05, 4.69) is 4.90 Å². The van der Waals surface area contributed by atoms with Crippen LogP contribution in [0.1, 0.15) is 37.4 Å². The van der Waals surface area contributed by atoms with E-state index in [-0.39, 0.29) is 11.3 Å². The number of Topliss-reactive ketones (excluding diaryl/α,β-unsaturated/α-hetero) is 1. The van der Waals surface area contributed by atoms with Crippen molar-refractivity contribution < 1.29 is 28.9 Å². The third-order valence-electron chi connectivity index (χ3n) is 6.44. The van der Waals surface area contributed by atoms with Crippen LogP contribution in [0.3, 0.4) is 0 Å². The van der Waals surface area contributed by atoms with Crippen LogP contribution < -0.4 is 9.47 Å². The maximum Gasteiger partial charge on any atom is 0.295 e. The van der Waals surface area contributed by atoms with Crippen molar-refractivity contribution in [2.75, 3.05) is 52.6 Å². The molecule has 0 aliphatic carbocycles. The maximum atomic E-state index is 13.3. The van der Waals surface area contributed by atoms with Gasteiger partial charge in [0, 0.05) is 31.7 Å². The van der Waals surface area contributed by atoms with Crippen molar-refractivity contribution in [1.29, 1.82) is 0 Å². The summed E-state index contributed by atoms with van der Waals surface area (Å²) in [6.45, 7) is 9.13. The monoisotopic (exact) mass is 494 g/mol. The molecule has 0 spiro atoms. The van der Waals surface area contributed by atoms with Gasteiger partial charge in [0.05, 0.1) is 38.0 Å². The van der Waals surface area contributed by atoms with E-state index in [0.29, 0.717) is 56.5 Å². The van der Waals surface area contributed by atoms with Crippen molar-refractivity contribution >= 4 is 17.4 Å². The van der Waals surface area contributed by atoms with Gasteiger partial charge in [0.15, 0.2) is 0 Å². The van der Waals surface area contributed by atoms with Crippen molar-refractivity contribution in [2.24, 2.45) is 0 Å². The smallest absolute Gasteiger partial charge is 0.295 e. The van der Waals surface area contributed by atoms with E-state index in [9.17, 15) is 14.7 Å². The van der Waals surface area contributed by atoms with Crippen LogP contribution in [0, 0.1) is 0 Å². The Bertz CT molecular complexity index is 1090. The molecule has 8 nitrogen and oxygen atoms in total. The Balaban J connectivity index is 1.67. The number of rotatable bonds is 10. The first-order chi connectivity index (χ1) is 17.5. The molecule has 2 aromatic carbocycles. The average Bonchev–Trinajstić information content (AvgIpc) is 3.15. The number of benzene rings is 2. The number of nitrogens with zero attached hydrogens (tertiary/aromatic N) is 2. The summed E-state index contributed by atoms with van der Waals surface area (Å²) >= 11 is 0. The summed E-state index contributed by atoms with van der Waals surface area (Å²) in [6.07, 6.45) is 0.709. The maximum absolute atomic E-state index is 13.3. The number of carbonyl (C=O) groups is 2. The van der Waals surface area contributed by atoms with Crippen molar-refractivity contribution in [3.63, 3.8) is 0 Å². The lowest BCUT2D eigenvalue weighted by molar-refractivity contribution is -0.140. The first kappa shape index (κ1) is 25.7. The van der Waals surface area contributed by atoms with E-state index in [0.717, 1.165) is 25.2 Å². The molecule has 2 aliphatic rings. The molecule has 1 N–H and O–H groups in total. The van der Waals surface area contributed by atoms with Crippen LogP contribution >= 0.6 is 0 Å². The Morgan fingerprint density at radius 3 is 2.36 bits per heavy atom. The Morgan fingerprint density at radius 1 is 0.972 bits per heavy atom. The normalized spacial score (nSPS) is 20.1. The minimum Gasteiger partial charge on any atom is -0.507 e. The van der Waals surface area contributed by atoms with Crippen LogP contribution in [0.15, 0.2) is 54.1 Å². The highest BCUT2D eigenvalue weighted by molar-refractivity contribution is 6.46. The van der Waals surface area contributed by atoms with Gasteiger partial charge in [0.25, 0.3) is 11.7 Å². The molecule has 36 heavy (non-hydrogen) atoms. The van der Waals surface area contributed by atoms with E-state index in [1.165, 1.54) is 0 Å². The molecular formula is C28H34N2O6. The second kappa shape index (κ2) is 12.1. The molecule has 2 saturated heterocycles. The predicted molar refractivity (Wildman–Crippen MR) is 136 cm³/mol. The topological polar surface area (TPSA) is 88.5 Å². The number of hydrogen-bond donors (Lipinski definition) is 1. The zero-order valence-electron chi connectivity index (χ0n) is 20.9. The zero-order valence-corrected chi connectivity index (χ0v) is 20.9. The van der Waals surface area contributed by atoms with Crippen LogP contribution in [-0.2, 0) is 14.3 Å². The summed E-state index contributed by atoms with van der Waals surface area (Å²) in [7, 11) is 0. The lowest BCUT2D eigenvalue weighted by atomic mass is 9.95. The summed E-state index contributed by atoms with van der Waals surface area (Å²) in [6, 6.07) is 13.6. The van der Waals surface area contributed by atoms with Gasteiger partial charge >= 0.3 is 0 Å². The van der Waals surface area contributed by atoms with Gasteiger partial charge < -0.3 is 24.2 Å². The van der Waals surface area contributed by atoms with Gasteiger partial charge in [-0.15, -0.1) is 0 Å². The van der Waals surface area contributed by atoms with Crippen molar-refractivity contribution in [3.8, 4) is 11.5 Å². The highest BCUT2D eigenvalue weighted by Crippen LogP contribution is 2.40. The minimum absolute atomic E-state index is 0.0872. The van der Waals surface area contributed by atoms with E-state index >= 15 is 0 Å². The summed E-state index contributed by atoms with van der Waals surface area (Å²) in [5.41, 5.74) is 1.26. The summed E-state index contributed by atoms with van der Waals surface area (Å²) in [4.78, 5) is 30.3. The lowest BCUT2D eigenvalue weighted by Crippen LogP contribution is -2.38. The van der Waals surface area contributed by atoms with Crippen molar-refractivity contribution in [3.05, 3.63) is 65.2 Å². The van der Waals surface area contributed by atoms with Gasteiger partial charge in [0.2, 0.25) is 0 Å². The Kier molecular flexibility index (Phi) is 8.61. The molecule has 4 rings (SSSR count). The fraction of sp³-hybridized carbons (Fsp3) is 0.429. The number of likely N-dealkylation sites (tertiary alicyclic amines) is 1. The van der Waals surface area contributed by atoms with E-state index < -0.39 is 17.7 Å². The highest BCUT2D eigenvalue weighted by atomic mass is 16.5. The Labute approximate surface area is 212 Å². The number of carbonyl (C=O) groups excluding carboxylic acids is 2. The number of aliphatic hydroxyl groups excluding tert-OH is 1. The minimum atomic E-state index is -0.693. The van der Waals surface area contributed by atoms with Gasteiger partial charge in [0.1, 0.15) is 17.3 Å². The van der Waals surface area contributed by atoms with Crippen molar-refractivity contribution in [2.45, 2.75) is 26.3 Å². The number of ketones is 1. The molecule has 2 heterocycles. The Morgan fingerprint density at radius 2 is 1.67 bits per heavy atom. The molecule has 0 saturated carbocycles. The summed E-state index contributed by atoms with van der Waals surface area (Å²) < 4.78 is 16.5. The molecule has 2 aromatic rings. The second-order valence-electron chi connectivity index (χ2n) is 8.76. The highest BCUT2D eigenvalue weighted by Gasteiger charge is 2.45. The first-order valence-corrected chi connectivity index (χ1v) is 12.6. The molecule has 1 amide bonds. The van der Waals surface area contributed by atoms with Crippen molar-refractivity contribution in [1.82, 2.24) is 9.80 Å². The SMILES string of the molecule is CCOc1ccc(C2/C(=C(\O)c3cccc(OCC)c3)C(=O)C(=O)N2CCCN2CCOCC2)cc1. The van der Waals surface area contributed by atoms with E-state index in [4.69, 9.17) is 14.2 Å². The third-order valence-corrected chi connectivity index (χ3v) is 6.44. The number of ether oxygens (including phenoxy) is 3. The molecular weight excluding hydrogens is 460 g/mol. The summed E-state index contributed by atoms with van der Waals surface area (Å²) in [5.74, 6) is -0.198.